The molecule has 4 atom stereocenters. The Labute approximate surface area is 235 Å². The third-order valence-corrected chi connectivity index (χ3v) is 10.1. The summed E-state index contributed by atoms with van der Waals surface area (Å²) in [5, 5.41) is 9.54. The molecule has 1 aromatic heterocycles. The predicted octanol–water partition coefficient (Wildman–Crippen LogP) is 4.45. The van der Waals surface area contributed by atoms with Crippen LogP contribution in [-0.4, -0.2) is 59.4 Å². The molecule has 3 saturated heterocycles. The van der Waals surface area contributed by atoms with Gasteiger partial charge in [-0.3, -0.25) is 4.90 Å². The van der Waals surface area contributed by atoms with Crippen molar-refractivity contribution in [2.24, 2.45) is 5.92 Å². The lowest BCUT2D eigenvalue weighted by Crippen LogP contribution is -2.44. The minimum absolute atomic E-state index is 0.0746. The van der Waals surface area contributed by atoms with Gasteiger partial charge in [0.25, 0.3) is 0 Å². The molecule has 5 heterocycles. The largest absolute Gasteiger partial charge is 0.461 e. The van der Waals surface area contributed by atoms with E-state index in [1.165, 1.54) is 11.1 Å². The van der Waals surface area contributed by atoms with Gasteiger partial charge in [-0.25, -0.2) is 4.39 Å². The Morgan fingerprint density at radius 2 is 2.08 bits per heavy atom. The summed E-state index contributed by atoms with van der Waals surface area (Å²) in [7, 11) is 0. The molecular weight excluding hydrogens is 507 g/mol. The molecule has 1 aromatic carbocycles. The van der Waals surface area contributed by atoms with Crippen molar-refractivity contribution in [3.63, 3.8) is 0 Å². The molecule has 7 rings (SSSR count). The predicted molar refractivity (Wildman–Crippen MR) is 150 cm³/mol. The van der Waals surface area contributed by atoms with Crippen molar-refractivity contribution in [3.8, 4) is 12.1 Å². The summed E-state index contributed by atoms with van der Waals surface area (Å²) in [6.07, 6.45) is 8.04. The van der Waals surface area contributed by atoms with Crippen LogP contribution in [0.25, 0.3) is 0 Å². The number of alkyl halides is 1. The summed E-state index contributed by atoms with van der Waals surface area (Å²) in [6.45, 7) is 3.87. The molecule has 4 aliphatic heterocycles. The number of ether oxygens (including phenoxy) is 2. The maximum Gasteiger partial charge on any atom is 0.318 e. The molecule has 2 N–H and O–H groups in total. The highest BCUT2D eigenvalue weighted by Crippen LogP contribution is 2.47. The van der Waals surface area contributed by atoms with Crippen LogP contribution >= 0.6 is 0 Å². The first-order valence-electron chi connectivity index (χ1n) is 15.1. The summed E-state index contributed by atoms with van der Waals surface area (Å²) < 4.78 is 27.6. The Hall–Kier alpha value is -2.96. The monoisotopic (exact) mass is 546 g/mol. The molecule has 40 heavy (non-hydrogen) atoms. The van der Waals surface area contributed by atoms with Crippen molar-refractivity contribution in [1.82, 2.24) is 14.9 Å². The number of rotatable bonds is 4. The van der Waals surface area contributed by atoms with Crippen molar-refractivity contribution in [1.29, 1.82) is 5.26 Å². The van der Waals surface area contributed by atoms with Crippen LogP contribution in [-0.2, 0) is 29.8 Å². The molecule has 0 radical (unpaired) electrons. The van der Waals surface area contributed by atoms with Gasteiger partial charge in [0.05, 0.1) is 29.5 Å². The zero-order chi connectivity index (χ0) is 27.3. The Balaban J connectivity index is 1.24. The molecule has 8 nitrogen and oxygen atoms in total. The summed E-state index contributed by atoms with van der Waals surface area (Å²) in [6, 6.07) is 9.03. The summed E-state index contributed by atoms with van der Waals surface area (Å²) in [5.74, 6) is 0.943. The van der Waals surface area contributed by atoms with Gasteiger partial charge in [0, 0.05) is 49.6 Å². The summed E-state index contributed by atoms with van der Waals surface area (Å²) in [5.41, 5.74) is 10.7. The van der Waals surface area contributed by atoms with Gasteiger partial charge in [-0.1, -0.05) is 6.07 Å². The van der Waals surface area contributed by atoms with Gasteiger partial charge in [0.2, 0.25) is 0 Å². The molecule has 5 aliphatic rings. The molecule has 0 amide bonds. The molecule has 2 aromatic rings. The number of nitrogens with two attached hydrogens (primary N) is 1. The molecular formula is C31H39FN6O2. The van der Waals surface area contributed by atoms with Gasteiger partial charge in [-0.05, 0) is 81.2 Å². The van der Waals surface area contributed by atoms with E-state index in [9.17, 15) is 9.65 Å². The number of hydrogen-bond donors (Lipinski definition) is 1. The van der Waals surface area contributed by atoms with E-state index in [2.05, 4.69) is 28.0 Å². The third-order valence-electron chi connectivity index (χ3n) is 10.1. The molecule has 1 aliphatic carbocycles. The minimum Gasteiger partial charge on any atom is -0.461 e. The SMILES string of the molecule is N#CC1CCCN(c2nc(OC[C@@]34CCCN3C[C@H](F)C4)nc3c2COC2(CCCc4ccc(N)cc42)C3)CC1. The van der Waals surface area contributed by atoms with Crippen molar-refractivity contribution in [2.75, 3.05) is 43.4 Å². The lowest BCUT2D eigenvalue weighted by molar-refractivity contribution is -0.0855. The topological polar surface area (TPSA) is 101 Å². The average molecular weight is 547 g/mol. The average Bonchev–Trinajstić information content (AvgIpc) is 3.36. The second-order valence-electron chi connectivity index (χ2n) is 12.6. The number of benzene rings is 1. The van der Waals surface area contributed by atoms with Crippen molar-refractivity contribution in [2.45, 2.75) is 88.1 Å². The fourth-order valence-electron chi connectivity index (χ4n) is 8.00. The highest BCUT2D eigenvalue weighted by atomic mass is 19.1. The first kappa shape index (κ1) is 26.0. The molecule has 9 heteroatoms. The van der Waals surface area contributed by atoms with Crippen LogP contribution in [0.1, 0.15) is 73.8 Å². The lowest BCUT2D eigenvalue weighted by Gasteiger charge is -2.43. The molecule has 3 fully saturated rings. The quantitative estimate of drug-likeness (QED) is 0.562. The fraction of sp³-hybridized carbons (Fsp3) is 0.645. The molecule has 1 spiro atoms. The Morgan fingerprint density at radius 1 is 1.15 bits per heavy atom. The van der Waals surface area contributed by atoms with E-state index in [4.69, 9.17) is 25.2 Å². The smallest absolute Gasteiger partial charge is 0.318 e. The standard InChI is InChI=1S/C31H39FN6O2/c32-23-15-30(9-3-12-38(30)18-23)20-39-29-35-27-16-31(10-1-5-22-6-7-24(34)14-26(22)31)40-19-25(27)28(36-29)37-11-2-4-21(17-33)8-13-37/h6-7,14,21,23H,1-5,8-13,15-16,18-20,34H2/t21?,23-,30+,31?/m1/s1. The summed E-state index contributed by atoms with van der Waals surface area (Å²) >= 11 is 0. The van der Waals surface area contributed by atoms with E-state index in [1.54, 1.807) is 0 Å². The number of nitrogens with zero attached hydrogens (tertiary/aromatic N) is 5. The van der Waals surface area contributed by atoms with Crippen molar-refractivity contribution >= 4 is 11.5 Å². The molecule has 2 unspecified atom stereocenters. The van der Waals surface area contributed by atoms with Crippen LogP contribution in [0, 0.1) is 17.2 Å². The number of hydrogen-bond acceptors (Lipinski definition) is 8. The van der Waals surface area contributed by atoms with Gasteiger partial charge < -0.3 is 20.1 Å². The zero-order valence-corrected chi connectivity index (χ0v) is 23.2. The minimum atomic E-state index is -0.801. The third kappa shape index (κ3) is 4.50. The number of aryl methyl sites for hydroxylation is 1. The van der Waals surface area contributed by atoms with Gasteiger partial charge >= 0.3 is 6.01 Å². The van der Waals surface area contributed by atoms with E-state index in [0.717, 1.165) is 93.8 Å². The number of nitrogen functional groups attached to an aromatic ring is 1. The van der Waals surface area contributed by atoms with Crippen LogP contribution in [0.15, 0.2) is 18.2 Å². The maximum absolute atomic E-state index is 14.4. The first-order chi connectivity index (χ1) is 19.5. The zero-order valence-electron chi connectivity index (χ0n) is 23.2. The Morgan fingerprint density at radius 3 is 2.98 bits per heavy atom. The van der Waals surface area contributed by atoms with Gasteiger partial charge in [0.15, 0.2) is 0 Å². The van der Waals surface area contributed by atoms with Gasteiger partial charge in [-0.2, -0.15) is 15.2 Å². The first-order valence-corrected chi connectivity index (χ1v) is 15.1. The number of fused-ring (bicyclic) bond motifs is 4. The number of nitriles is 1. The maximum atomic E-state index is 14.4. The number of aromatic nitrogens is 2. The van der Waals surface area contributed by atoms with Crippen LogP contribution < -0.4 is 15.4 Å². The van der Waals surface area contributed by atoms with Crippen LogP contribution in [0.2, 0.25) is 0 Å². The second kappa shape index (κ2) is 10.1. The number of halogens is 1. The van der Waals surface area contributed by atoms with E-state index in [-0.39, 0.29) is 11.5 Å². The van der Waals surface area contributed by atoms with E-state index >= 15 is 0 Å². The number of anilines is 2. The molecule has 0 saturated carbocycles. The van der Waals surface area contributed by atoms with Crippen LogP contribution in [0.5, 0.6) is 6.01 Å². The highest BCUT2D eigenvalue weighted by Gasteiger charge is 2.49. The van der Waals surface area contributed by atoms with Gasteiger partial charge in [0.1, 0.15) is 18.6 Å². The normalized spacial score (nSPS) is 31.8. The van der Waals surface area contributed by atoms with Gasteiger partial charge in [-0.15, -0.1) is 0 Å². The van der Waals surface area contributed by atoms with E-state index in [0.29, 0.717) is 38.6 Å². The summed E-state index contributed by atoms with van der Waals surface area (Å²) in [4.78, 5) is 14.6. The van der Waals surface area contributed by atoms with E-state index < -0.39 is 11.8 Å². The van der Waals surface area contributed by atoms with Crippen molar-refractivity contribution < 1.29 is 13.9 Å². The second-order valence-corrected chi connectivity index (χ2v) is 12.6. The Bertz CT molecular complexity index is 1330. The fourth-order valence-corrected chi connectivity index (χ4v) is 8.00. The lowest BCUT2D eigenvalue weighted by atomic mass is 9.74. The van der Waals surface area contributed by atoms with Crippen LogP contribution in [0.3, 0.4) is 0 Å². The molecule has 0 bridgehead atoms. The van der Waals surface area contributed by atoms with E-state index in [1.807, 2.05) is 6.07 Å². The van der Waals surface area contributed by atoms with Crippen LogP contribution in [0.4, 0.5) is 15.9 Å². The highest BCUT2D eigenvalue weighted by molar-refractivity contribution is 5.54. The van der Waals surface area contributed by atoms with Crippen molar-refractivity contribution in [3.05, 3.63) is 40.6 Å². The Kier molecular flexibility index (Phi) is 6.59. The molecule has 212 valence electrons.